The van der Waals surface area contributed by atoms with Gasteiger partial charge in [-0.05, 0) is 22.3 Å². The second-order valence-electron chi connectivity index (χ2n) is 4.39. The Kier molecular flexibility index (Phi) is 3.40. The maximum absolute atomic E-state index is 3.83. The van der Waals surface area contributed by atoms with Gasteiger partial charge in [0.05, 0.1) is 9.65 Å². The van der Waals surface area contributed by atoms with Gasteiger partial charge in [-0.25, -0.2) is 0 Å². The molecular formula is C16H12Br2. The third kappa shape index (κ3) is 2.08. The monoisotopic (exact) mass is 362 g/mol. The summed E-state index contributed by atoms with van der Waals surface area (Å²) in [5.74, 6) is 0. The number of hydrogen-bond donors (Lipinski definition) is 0. The molecule has 0 radical (unpaired) electrons. The molecule has 0 fully saturated rings. The molecule has 0 bridgehead atoms. The number of fused-ring (bicyclic) bond motifs is 2. The second kappa shape index (κ2) is 5.02. The van der Waals surface area contributed by atoms with Gasteiger partial charge in [-0.15, -0.1) is 0 Å². The molecule has 0 saturated heterocycles. The van der Waals surface area contributed by atoms with Crippen LogP contribution < -0.4 is 0 Å². The third-order valence-electron chi connectivity index (χ3n) is 3.29. The minimum absolute atomic E-state index is 0.278. The molecule has 0 saturated carbocycles. The Morgan fingerprint density at radius 3 is 1.44 bits per heavy atom. The van der Waals surface area contributed by atoms with E-state index >= 15 is 0 Å². The number of rotatable bonds is 0. The van der Waals surface area contributed by atoms with Crippen LogP contribution in [0.1, 0.15) is 31.9 Å². The van der Waals surface area contributed by atoms with Gasteiger partial charge in [-0.2, -0.15) is 0 Å². The summed E-state index contributed by atoms with van der Waals surface area (Å²) >= 11 is 7.65. The van der Waals surface area contributed by atoms with Gasteiger partial charge in [0.25, 0.3) is 0 Å². The summed E-state index contributed by atoms with van der Waals surface area (Å²) in [6, 6.07) is 17.0. The van der Waals surface area contributed by atoms with Gasteiger partial charge in [-0.3, -0.25) is 0 Å². The van der Waals surface area contributed by atoms with E-state index in [0.717, 1.165) is 0 Å². The molecule has 0 heterocycles. The van der Waals surface area contributed by atoms with Crippen LogP contribution in [0, 0.1) is 0 Å². The molecule has 0 unspecified atom stereocenters. The Morgan fingerprint density at radius 1 is 0.611 bits per heavy atom. The second-order valence-corrected chi connectivity index (χ2v) is 6.37. The van der Waals surface area contributed by atoms with Gasteiger partial charge in [0, 0.05) is 0 Å². The Labute approximate surface area is 124 Å². The van der Waals surface area contributed by atoms with E-state index in [-0.39, 0.29) is 9.65 Å². The first kappa shape index (κ1) is 12.2. The zero-order chi connectivity index (χ0) is 12.5. The summed E-state index contributed by atoms with van der Waals surface area (Å²) in [6.07, 6.45) is 4.39. The van der Waals surface area contributed by atoms with Crippen molar-refractivity contribution in [3.05, 3.63) is 70.8 Å². The number of halogens is 2. The minimum Gasteiger partial charge on any atom is -0.0823 e. The van der Waals surface area contributed by atoms with Crippen molar-refractivity contribution in [2.24, 2.45) is 0 Å². The van der Waals surface area contributed by atoms with E-state index in [1.54, 1.807) is 0 Å². The summed E-state index contributed by atoms with van der Waals surface area (Å²) in [5, 5.41) is 0. The van der Waals surface area contributed by atoms with Crippen LogP contribution >= 0.6 is 31.9 Å². The Morgan fingerprint density at radius 2 is 1.00 bits per heavy atom. The molecule has 1 aliphatic carbocycles. The highest BCUT2D eigenvalue weighted by Gasteiger charge is 2.24. The van der Waals surface area contributed by atoms with Crippen molar-refractivity contribution in [3.63, 3.8) is 0 Å². The van der Waals surface area contributed by atoms with Gasteiger partial charge in [0.1, 0.15) is 0 Å². The first-order chi connectivity index (χ1) is 8.77. The molecule has 18 heavy (non-hydrogen) atoms. The molecule has 90 valence electrons. The van der Waals surface area contributed by atoms with E-state index in [9.17, 15) is 0 Å². The van der Waals surface area contributed by atoms with E-state index in [1.165, 1.54) is 22.3 Å². The lowest BCUT2D eigenvalue weighted by atomic mass is 9.93. The van der Waals surface area contributed by atoms with E-state index in [2.05, 4.69) is 92.5 Å². The van der Waals surface area contributed by atoms with Crippen molar-refractivity contribution in [1.29, 1.82) is 0 Å². The summed E-state index contributed by atoms with van der Waals surface area (Å²) < 4.78 is 0. The zero-order valence-electron chi connectivity index (χ0n) is 9.68. The maximum atomic E-state index is 3.83. The maximum Gasteiger partial charge on any atom is 0.0567 e. The largest absolute Gasteiger partial charge is 0.0823 e. The zero-order valence-corrected chi connectivity index (χ0v) is 12.9. The van der Waals surface area contributed by atoms with Gasteiger partial charge in [-0.1, -0.05) is 92.5 Å². The average molecular weight is 364 g/mol. The molecule has 0 spiro atoms. The number of alkyl halides is 2. The summed E-state index contributed by atoms with van der Waals surface area (Å²) in [7, 11) is 0. The van der Waals surface area contributed by atoms with Gasteiger partial charge in [0.2, 0.25) is 0 Å². The van der Waals surface area contributed by atoms with Crippen molar-refractivity contribution >= 4 is 44.0 Å². The first-order valence-electron chi connectivity index (χ1n) is 5.91. The minimum atomic E-state index is 0.278. The standard InChI is InChI=1S/C16H12Br2/c17-15-13-7-3-1-5-11(13)9-10-12-6-2-4-8-14(12)16(15)18/h1-10,15-16H/t15-,16+. The Hall–Kier alpha value is -0.860. The fourth-order valence-corrected chi connectivity index (χ4v) is 3.73. The van der Waals surface area contributed by atoms with E-state index in [0.29, 0.717) is 0 Å². The van der Waals surface area contributed by atoms with E-state index in [4.69, 9.17) is 0 Å². The highest BCUT2D eigenvalue weighted by molar-refractivity contribution is 9.12. The molecule has 2 atom stereocenters. The lowest BCUT2D eigenvalue weighted by Gasteiger charge is -2.23. The molecule has 0 aliphatic heterocycles. The molecule has 1 aliphatic rings. The van der Waals surface area contributed by atoms with Gasteiger partial charge < -0.3 is 0 Å². The van der Waals surface area contributed by atoms with Crippen LogP contribution in [0.4, 0.5) is 0 Å². The summed E-state index contributed by atoms with van der Waals surface area (Å²) in [6.45, 7) is 0. The number of hydrogen-bond acceptors (Lipinski definition) is 0. The van der Waals surface area contributed by atoms with Crippen molar-refractivity contribution < 1.29 is 0 Å². The predicted molar refractivity (Wildman–Crippen MR) is 85.1 cm³/mol. The molecule has 2 aromatic rings. The first-order valence-corrected chi connectivity index (χ1v) is 7.74. The van der Waals surface area contributed by atoms with Gasteiger partial charge in [0.15, 0.2) is 0 Å². The average Bonchev–Trinajstić information content (AvgIpc) is 2.43. The highest BCUT2D eigenvalue weighted by Crippen LogP contribution is 2.46. The Bertz CT molecular complexity index is 548. The van der Waals surface area contributed by atoms with Crippen LogP contribution in [0.2, 0.25) is 0 Å². The molecule has 3 rings (SSSR count). The van der Waals surface area contributed by atoms with Crippen LogP contribution in [0.25, 0.3) is 12.2 Å². The summed E-state index contributed by atoms with van der Waals surface area (Å²) in [5.41, 5.74) is 5.20. The summed E-state index contributed by atoms with van der Waals surface area (Å²) in [4.78, 5) is 0.555. The van der Waals surface area contributed by atoms with Crippen LogP contribution in [-0.4, -0.2) is 0 Å². The van der Waals surface area contributed by atoms with Crippen LogP contribution in [-0.2, 0) is 0 Å². The fraction of sp³-hybridized carbons (Fsp3) is 0.125. The van der Waals surface area contributed by atoms with Crippen molar-refractivity contribution in [3.8, 4) is 0 Å². The highest BCUT2D eigenvalue weighted by atomic mass is 79.9. The van der Waals surface area contributed by atoms with E-state index in [1.807, 2.05) is 0 Å². The topological polar surface area (TPSA) is 0 Å². The van der Waals surface area contributed by atoms with Crippen LogP contribution in [0.3, 0.4) is 0 Å². The molecule has 2 aromatic carbocycles. The quantitative estimate of drug-likeness (QED) is 0.523. The van der Waals surface area contributed by atoms with Crippen molar-refractivity contribution in [2.45, 2.75) is 9.65 Å². The predicted octanol–water partition coefficient (Wildman–Crippen LogP) is 5.74. The molecular weight excluding hydrogens is 352 g/mol. The third-order valence-corrected chi connectivity index (χ3v) is 6.04. The van der Waals surface area contributed by atoms with Crippen LogP contribution in [0.15, 0.2) is 48.5 Å². The molecule has 0 amide bonds. The van der Waals surface area contributed by atoms with Crippen molar-refractivity contribution in [1.82, 2.24) is 0 Å². The fourth-order valence-electron chi connectivity index (χ4n) is 2.32. The Balaban J connectivity index is 2.22. The van der Waals surface area contributed by atoms with Crippen LogP contribution in [0.5, 0.6) is 0 Å². The smallest absolute Gasteiger partial charge is 0.0567 e. The van der Waals surface area contributed by atoms with Gasteiger partial charge >= 0.3 is 0 Å². The normalized spacial score (nSPS) is 21.7. The van der Waals surface area contributed by atoms with Crippen molar-refractivity contribution in [2.75, 3.05) is 0 Å². The molecule has 2 heteroatoms. The molecule has 0 N–H and O–H groups in total. The lowest BCUT2D eigenvalue weighted by Crippen LogP contribution is -2.04. The number of benzene rings is 2. The molecule has 0 nitrogen and oxygen atoms in total. The van der Waals surface area contributed by atoms with E-state index < -0.39 is 0 Å². The SMILES string of the molecule is Br[C@@H]1c2ccccc2C=Cc2ccccc2[C@@H]1Br. The lowest BCUT2D eigenvalue weighted by molar-refractivity contribution is 0.931. The molecule has 0 aromatic heterocycles.